The molecule has 0 atom stereocenters. The van der Waals surface area contributed by atoms with Crippen LogP contribution in [-0.4, -0.2) is 29.9 Å². The van der Waals surface area contributed by atoms with E-state index in [1.165, 1.54) is 61.7 Å². The van der Waals surface area contributed by atoms with Crippen molar-refractivity contribution >= 4 is 26.0 Å². The van der Waals surface area contributed by atoms with Crippen molar-refractivity contribution < 1.29 is 30.8 Å². The van der Waals surface area contributed by atoms with Gasteiger partial charge in [0.1, 0.15) is 21.4 Å². The summed E-state index contributed by atoms with van der Waals surface area (Å²) in [6, 6.07) is 14.2. The van der Waals surface area contributed by atoms with Gasteiger partial charge in [0.15, 0.2) is 0 Å². The summed E-state index contributed by atoms with van der Waals surface area (Å²) >= 11 is 0. The Morgan fingerprint density at radius 3 is 2.18 bits per heavy atom. The van der Waals surface area contributed by atoms with E-state index in [0.717, 1.165) is 12.1 Å². The van der Waals surface area contributed by atoms with Gasteiger partial charge >= 0.3 is 0 Å². The first-order valence-corrected chi connectivity index (χ1v) is 12.2. The van der Waals surface area contributed by atoms with E-state index < -0.39 is 41.6 Å². The number of benzene rings is 3. The first-order valence-electron chi connectivity index (χ1n) is 9.16. The van der Waals surface area contributed by atoms with Crippen LogP contribution in [0, 0.1) is 17.7 Å². The van der Waals surface area contributed by atoms with Crippen LogP contribution in [0.25, 0.3) is 0 Å². The van der Waals surface area contributed by atoms with Gasteiger partial charge in [-0.25, -0.2) is 31.1 Å². The summed E-state index contributed by atoms with van der Waals surface area (Å²) in [5.41, 5.74) is 0.886. The molecule has 170 valence electrons. The second-order valence-corrected chi connectivity index (χ2v) is 9.78. The van der Waals surface area contributed by atoms with Gasteiger partial charge in [0.25, 0.3) is 15.9 Å². The zero-order valence-corrected chi connectivity index (χ0v) is 18.7. The number of amides is 1. The molecule has 0 spiro atoms. The van der Waals surface area contributed by atoms with Crippen LogP contribution in [0.2, 0.25) is 0 Å². The van der Waals surface area contributed by atoms with Crippen molar-refractivity contribution in [1.82, 2.24) is 4.72 Å². The van der Waals surface area contributed by atoms with Gasteiger partial charge in [0, 0.05) is 11.1 Å². The Hall–Kier alpha value is -3.72. The Kier molecular flexibility index (Phi) is 6.83. The summed E-state index contributed by atoms with van der Waals surface area (Å²) in [5.74, 6) is 4.45. The highest BCUT2D eigenvalue weighted by atomic mass is 32.2. The van der Waals surface area contributed by atoms with Gasteiger partial charge in [-0.3, -0.25) is 4.79 Å². The van der Waals surface area contributed by atoms with Crippen LogP contribution >= 0.6 is 0 Å². The summed E-state index contributed by atoms with van der Waals surface area (Å²) in [6.07, 6.45) is 0. The fourth-order valence-corrected chi connectivity index (χ4v) is 5.11. The van der Waals surface area contributed by atoms with Crippen LogP contribution in [0.15, 0.2) is 76.5 Å². The molecule has 1 amide bonds. The van der Waals surface area contributed by atoms with Crippen molar-refractivity contribution in [2.75, 3.05) is 7.11 Å². The molecule has 0 saturated carbocycles. The summed E-state index contributed by atoms with van der Waals surface area (Å²) < 4.78 is 68.8. The number of carbonyl (C=O) groups is 1. The van der Waals surface area contributed by atoms with Crippen LogP contribution in [0.5, 0.6) is 5.75 Å². The number of halogens is 1. The molecular formula is C22H17FN2O6S2. The molecule has 8 nitrogen and oxygen atoms in total. The number of methoxy groups -OCH3 is 1. The van der Waals surface area contributed by atoms with Gasteiger partial charge in [0.2, 0.25) is 10.0 Å². The van der Waals surface area contributed by atoms with Crippen molar-refractivity contribution in [1.29, 1.82) is 0 Å². The summed E-state index contributed by atoms with van der Waals surface area (Å²) in [4.78, 5) is 11.3. The van der Waals surface area contributed by atoms with Crippen molar-refractivity contribution in [2.45, 2.75) is 9.79 Å². The number of hydrogen-bond donors (Lipinski definition) is 2. The third kappa shape index (κ3) is 5.75. The predicted molar refractivity (Wildman–Crippen MR) is 118 cm³/mol. The maximum absolute atomic E-state index is 13.0. The second kappa shape index (κ2) is 9.41. The number of rotatable bonds is 5. The molecule has 33 heavy (non-hydrogen) atoms. The molecule has 0 aliphatic carbocycles. The second-order valence-electron chi connectivity index (χ2n) is 6.60. The molecule has 3 aromatic rings. The Balaban J connectivity index is 1.89. The van der Waals surface area contributed by atoms with E-state index in [2.05, 4.69) is 11.8 Å². The van der Waals surface area contributed by atoms with E-state index in [1.54, 1.807) is 0 Å². The molecule has 0 fully saturated rings. The van der Waals surface area contributed by atoms with Gasteiger partial charge in [-0.05, 0) is 54.6 Å². The van der Waals surface area contributed by atoms with Gasteiger partial charge < -0.3 is 4.74 Å². The molecule has 0 aliphatic rings. The summed E-state index contributed by atoms with van der Waals surface area (Å²) in [5, 5.41) is 5.08. The first-order chi connectivity index (χ1) is 15.5. The van der Waals surface area contributed by atoms with Crippen LogP contribution in [-0.2, 0) is 20.0 Å². The zero-order valence-electron chi connectivity index (χ0n) is 17.1. The van der Waals surface area contributed by atoms with E-state index in [4.69, 9.17) is 9.88 Å². The highest BCUT2D eigenvalue weighted by Gasteiger charge is 2.26. The lowest BCUT2D eigenvalue weighted by atomic mass is 10.1. The number of nitrogens with two attached hydrogens (primary N) is 1. The quantitative estimate of drug-likeness (QED) is 0.528. The average molecular weight is 489 g/mol. The third-order valence-electron chi connectivity index (χ3n) is 4.32. The minimum absolute atomic E-state index is 0.0733. The maximum atomic E-state index is 13.0. The number of hydrogen-bond acceptors (Lipinski definition) is 6. The fraction of sp³-hybridized carbons (Fsp3) is 0.0455. The monoisotopic (exact) mass is 488 g/mol. The van der Waals surface area contributed by atoms with E-state index in [0.29, 0.717) is 11.1 Å². The average Bonchev–Trinajstić information content (AvgIpc) is 2.77. The number of primary sulfonamides is 1. The van der Waals surface area contributed by atoms with E-state index >= 15 is 0 Å². The van der Waals surface area contributed by atoms with Crippen molar-refractivity contribution in [2.24, 2.45) is 5.14 Å². The molecule has 11 heteroatoms. The molecule has 0 aliphatic heterocycles. The first kappa shape index (κ1) is 23.9. The Morgan fingerprint density at radius 2 is 1.58 bits per heavy atom. The lowest BCUT2D eigenvalue weighted by molar-refractivity contribution is 0.0981. The van der Waals surface area contributed by atoms with Crippen LogP contribution in [0.4, 0.5) is 4.39 Å². The predicted octanol–water partition coefficient (Wildman–Crippen LogP) is 2.00. The number of sulfonamides is 2. The number of nitrogens with one attached hydrogen (secondary N) is 1. The molecule has 0 heterocycles. The van der Waals surface area contributed by atoms with Gasteiger partial charge in [-0.1, -0.05) is 24.0 Å². The van der Waals surface area contributed by atoms with Gasteiger partial charge in [-0.15, -0.1) is 0 Å². The zero-order chi connectivity index (χ0) is 24.2. The molecule has 0 unspecified atom stereocenters. The Labute approximate surface area is 190 Å². The van der Waals surface area contributed by atoms with Crippen molar-refractivity contribution in [3.8, 4) is 17.6 Å². The molecule has 0 aromatic heterocycles. The molecule has 3 rings (SSSR count). The van der Waals surface area contributed by atoms with E-state index in [1.807, 2.05) is 4.72 Å². The van der Waals surface area contributed by atoms with Crippen LogP contribution in [0.3, 0.4) is 0 Å². The van der Waals surface area contributed by atoms with Gasteiger partial charge in [0.05, 0.1) is 12.7 Å². The SMILES string of the molecule is COc1cc(C(=O)NS(=O)(=O)c2ccccc2S(N)(=O)=O)ccc1C#Cc1ccc(F)cc1. The number of carbonyl (C=O) groups excluding carboxylic acids is 1. The standard InChI is InChI=1S/C22H17FN2O6S2/c1-31-19-14-17(11-10-16(19)9-6-15-7-12-18(23)13-8-15)22(26)25-33(29,30)21-5-3-2-4-20(21)32(24,27)28/h2-5,7-8,10-14H,1H3,(H,25,26)(H2,24,27,28). The van der Waals surface area contributed by atoms with Gasteiger partial charge in [-0.2, -0.15) is 0 Å². The normalized spacial score (nSPS) is 11.2. The third-order valence-corrected chi connectivity index (χ3v) is 6.81. The minimum atomic E-state index is -4.56. The van der Waals surface area contributed by atoms with Crippen LogP contribution < -0.4 is 14.6 Å². The highest BCUT2D eigenvalue weighted by Crippen LogP contribution is 2.22. The molecular weight excluding hydrogens is 471 g/mol. The smallest absolute Gasteiger partial charge is 0.265 e. The topological polar surface area (TPSA) is 133 Å². The van der Waals surface area contributed by atoms with E-state index in [-0.39, 0.29) is 11.3 Å². The Morgan fingerprint density at radius 1 is 0.939 bits per heavy atom. The van der Waals surface area contributed by atoms with Crippen LogP contribution in [0.1, 0.15) is 21.5 Å². The van der Waals surface area contributed by atoms with E-state index in [9.17, 15) is 26.0 Å². The van der Waals surface area contributed by atoms with Crippen molar-refractivity contribution in [3.05, 3.63) is 89.2 Å². The molecule has 0 bridgehead atoms. The molecule has 0 radical (unpaired) electrons. The summed E-state index contributed by atoms with van der Waals surface area (Å²) in [6.45, 7) is 0. The fourth-order valence-electron chi connectivity index (χ4n) is 2.75. The molecule has 0 saturated heterocycles. The minimum Gasteiger partial charge on any atom is -0.495 e. The summed E-state index contributed by atoms with van der Waals surface area (Å²) in [7, 11) is -7.56. The Bertz CT molecular complexity index is 1490. The lowest BCUT2D eigenvalue weighted by Crippen LogP contribution is -2.32. The lowest BCUT2D eigenvalue weighted by Gasteiger charge is -2.11. The number of ether oxygens (including phenoxy) is 1. The largest absolute Gasteiger partial charge is 0.495 e. The highest BCUT2D eigenvalue weighted by molar-refractivity contribution is 7.92. The molecule has 3 N–H and O–H groups in total. The molecule has 3 aromatic carbocycles. The van der Waals surface area contributed by atoms with Crippen molar-refractivity contribution in [3.63, 3.8) is 0 Å². The maximum Gasteiger partial charge on any atom is 0.265 e.